The van der Waals surface area contributed by atoms with Crippen molar-refractivity contribution in [2.75, 3.05) is 13.7 Å². The number of nitrogens with one attached hydrogen (secondary N) is 1. The van der Waals surface area contributed by atoms with Gasteiger partial charge in [0, 0.05) is 6.54 Å². The van der Waals surface area contributed by atoms with E-state index in [1.54, 1.807) is 19.2 Å². The Bertz CT molecular complexity index is 363. The topological polar surface area (TPSA) is 21.3 Å². The van der Waals surface area contributed by atoms with E-state index < -0.39 is 12.7 Å². The molecule has 0 fully saturated rings. The number of aryl methyl sites for hydroxylation is 1. The minimum atomic E-state index is -4.17. The lowest BCUT2D eigenvalue weighted by molar-refractivity contribution is -0.125. The Morgan fingerprint density at radius 1 is 1.29 bits per heavy atom. The fraction of sp³-hybridized carbons (Fsp3) is 0.500. The molecular weight excluding hydrogens is 231 g/mol. The van der Waals surface area contributed by atoms with Crippen molar-refractivity contribution in [3.8, 4) is 5.75 Å². The fourth-order valence-corrected chi connectivity index (χ4v) is 1.57. The Morgan fingerprint density at radius 3 is 2.53 bits per heavy atom. The van der Waals surface area contributed by atoms with Gasteiger partial charge in [0.25, 0.3) is 0 Å². The molecule has 2 nitrogen and oxygen atoms in total. The monoisotopic (exact) mass is 247 g/mol. The van der Waals surface area contributed by atoms with E-state index in [1.165, 1.54) is 0 Å². The molecule has 5 heteroatoms. The second-order valence-corrected chi connectivity index (χ2v) is 3.72. The summed E-state index contributed by atoms with van der Waals surface area (Å²) < 4.78 is 41.0. The molecule has 1 rings (SSSR count). The molecule has 0 spiro atoms. The summed E-state index contributed by atoms with van der Waals surface area (Å²) in [5.41, 5.74) is 1.82. The van der Waals surface area contributed by atoms with Crippen molar-refractivity contribution in [3.05, 3.63) is 29.3 Å². The van der Waals surface area contributed by atoms with E-state index in [-0.39, 0.29) is 6.54 Å². The van der Waals surface area contributed by atoms with Crippen LogP contribution in [0.3, 0.4) is 0 Å². The first-order valence-electron chi connectivity index (χ1n) is 5.39. The number of rotatable bonds is 5. The third-order valence-electron chi connectivity index (χ3n) is 2.38. The SMILES string of the molecule is CCc1cc(CNCC(F)(F)F)ccc1OC. The third kappa shape index (κ3) is 4.65. The molecule has 0 amide bonds. The molecule has 96 valence electrons. The van der Waals surface area contributed by atoms with E-state index >= 15 is 0 Å². The molecule has 0 radical (unpaired) electrons. The zero-order chi connectivity index (χ0) is 12.9. The van der Waals surface area contributed by atoms with Gasteiger partial charge in [0.2, 0.25) is 0 Å². The summed E-state index contributed by atoms with van der Waals surface area (Å²) in [6.45, 7) is 1.21. The Balaban J connectivity index is 2.60. The first kappa shape index (κ1) is 13.8. The summed E-state index contributed by atoms with van der Waals surface area (Å²) >= 11 is 0. The van der Waals surface area contributed by atoms with Gasteiger partial charge in [0.15, 0.2) is 0 Å². The van der Waals surface area contributed by atoms with Gasteiger partial charge in [-0.25, -0.2) is 0 Å². The third-order valence-corrected chi connectivity index (χ3v) is 2.38. The Labute approximate surface area is 98.8 Å². The van der Waals surface area contributed by atoms with Gasteiger partial charge in [-0.05, 0) is 23.6 Å². The summed E-state index contributed by atoms with van der Waals surface area (Å²) in [7, 11) is 1.58. The van der Waals surface area contributed by atoms with E-state index in [9.17, 15) is 13.2 Å². The molecule has 17 heavy (non-hydrogen) atoms. The van der Waals surface area contributed by atoms with Crippen LogP contribution >= 0.6 is 0 Å². The first-order valence-corrected chi connectivity index (χ1v) is 5.39. The molecular formula is C12H16F3NO. The number of benzene rings is 1. The molecule has 1 aromatic carbocycles. The van der Waals surface area contributed by atoms with Crippen LogP contribution in [-0.4, -0.2) is 19.8 Å². The number of hydrogen-bond donors (Lipinski definition) is 1. The van der Waals surface area contributed by atoms with Gasteiger partial charge in [-0.3, -0.25) is 0 Å². The van der Waals surface area contributed by atoms with Crippen LogP contribution in [0.1, 0.15) is 18.1 Å². The van der Waals surface area contributed by atoms with Crippen LogP contribution in [0.4, 0.5) is 13.2 Å². The van der Waals surface area contributed by atoms with Crippen LogP contribution in [0.5, 0.6) is 5.75 Å². The second kappa shape index (κ2) is 5.91. The predicted molar refractivity (Wildman–Crippen MR) is 60.1 cm³/mol. The molecule has 0 atom stereocenters. The summed E-state index contributed by atoms with van der Waals surface area (Å²) in [5, 5.41) is 2.36. The van der Waals surface area contributed by atoms with Gasteiger partial charge < -0.3 is 10.1 Å². The van der Waals surface area contributed by atoms with Crippen molar-refractivity contribution in [3.63, 3.8) is 0 Å². The van der Waals surface area contributed by atoms with Gasteiger partial charge in [-0.1, -0.05) is 19.1 Å². The van der Waals surface area contributed by atoms with Crippen molar-refractivity contribution in [2.45, 2.75) is 26.1 Å². The minimum Gasteiger partial charge on any atom is -0.496 e. The molecule has 0 aliphatic heterocycles. The molecule has 0 saturated heterocycles. The number of halogens is 3. The molecule has 1 N–H and O–H groups in total. The molecule has 0 aliphatic rings. The number of ether oxygens (including phenoxy) is 1. The summed E-state index contributed by atoms with van der Waals surface area (Å²) in [6.07, 6.45) is -3.38. The standard InChI is InChI=1S/C12H16F3NO/c1-3-10-6-9(4-5-11(10)17-2)7-16-8-12(13,14)15/h4-6,16H,3,7-8H2,1-2H3. The average molecular weight is 247 g/mol. The van der Waals surface area contributed by atoms with Crippen LogP contribution in [0.25, 0.3) is 0 Å². The normalized spacial score (nSPS) is 11.6. The molecule has 0 aromatic heterocycles. The maximum atomic E-state index is 11.9. The van der Waals surface area contributed by atoms with Crippen molar-refractivity contribution in [2.24, 2.45) is 0 Å². The Kier molecular flexibility index (Phi) is 4.81. The molecule has 0 saturated carbocycles. The molecule has 0 bridgehead atoms. The lowest BCUT2D eigenvalue weighted by Crippen LogP contribution is -2.28. The highest BCUT2D eigenvalue weighted by atomic mass is 19.4. The lowest BCUT2D eigenvalue weighted by atomic mass is 10.1. The van der Waals surface area contributed by atoms with E-state index in [4.69, 9.17) is 4.74 Å². The highest BCUT2D eigenvalue weighted by Gasteiger charge is 2.26. The fourth-order valence-electron chi connectivity index (χ4n) is 1.57. The zero-order valence-electron chi connectivity index (χ0n) is 9.90. The maximum absolute atomic E-state index is 11.9. The van der Waals surface area contributed by atoms with Crippen molar-refractivity contribution >= 4 is 0 Å². The maximum Gasteiger partial charge on any atom is 0.401 e. The van der Waals surface area contributed by atoms with E-state index in [0.717, 1.165) is 23.3 Å². The lowest BCUT2D eigenvalue weighted by Gasteiger charge is -2.11. The first-order chi connectivity index (χ1) is 7.96. The number of methoxy groups -OCH3 is 1. The van der Waals surface area contributed by atoms with Crippen LogP contribution in [-0.2, 0) is 13.0 Å². The van der Waals surface area contributed by atoms with E-state index in [1.807, 2.05) is 13.0 Å². The highest BCUT2D eigenvalue weighted by molar-refractivity contribution is 5.37. The van der Waals surface area contributed by atoms with Gasteiger partial charge in [0.05, 0.1) is 13.7 Å². The van der Waals surface area contributed by atoms with Crippen LogP contribution < -0.4 is 10.1 Å². The minimum absolute atomic E-state index is 0.205. The number of alkyl halides is 3. The molecule has 0 unspecified atom stereocenters. The molecule has 0 aliphatic carbocycles. The summed E-state index contributed by atoms with van der Waals surface area (Å²) in [5.74, 6) is 0.770. The second-order valence-electron chi connectivity index (χ2n) is 3.72. The van der Waals surface area contributed by atoms with Gasteiger partial charge in [-0.15, -0.1) is 0 Å². The zero-order valence-corrected chi connectivity index (χ0v) is 9.90. The van der Waals surface area contributed by atoms with Crippen molar-refractivity contribution < 1.29 is 17.9 Å². The van der Waals surface area contributed by atoms with E-state index in [2.05, 4.69) is 5.32 Å². The van der Waals surface area contributed by atoms with Gasteiger partial charge in [-0.2, -0.15) is 13.2 Å². The Morgan fingerprint density at radius 2 is 2.00 bits per heavy atom. The predicted octanol–water partition coefficient (Wildman–Crippen LogP) is 2.91. The van der Waals surface area contributed by atoms with E-state index in [0.29, 0.717) is 0 Å². The van der Waals surface area contributed by atoms with Gasteiger partial charge in [0.1, 0.15) is 5.75 Å². The van der Waals surface area contributed by atoms with Gasteiger partial charge >= 0.3 is 6.18 Å². The molecule has 1 aromatic rings. The van der Waals surface area contributed by atoms with Crippen molar-refractivity contribution in [1.29, 1.82) is 0 Å². The Hall–Kier alpha value is -1.23. The largest absolute Gasteiger partial charge is 0.496 e. The van der Waals surface area contributed by atoms with Crippen LogP contribution in [0, 0.1) is 0 Å². The quantitative estimate of drug-likeness (QED) is 0.863. The summed E-state index contributed by atoms with van der Waals surface area (Å²) in [4.78, 5) is 0. The summed E-state index contributed by atoms with van der Waals surface area (Å²) in [6, 6.07) is 5.41. The number of hydrogen-bond acceptors (Lipinski definition) is 2. The van der Waals surface area contributed by atoms with Crippen LogP contribution in [0.15, 0.2) is 18.2 Å². The van der Waals surface area contributed by atoms with Crippen molar-refractivity contribution in [1.82, 2.24) is 5.32 Å². The average Bonchev–Trinajstić information content (AvgIpc) is 2.27. The van der Waals surface area contributed by atoms with Crippen LogP contribution in [0.2, 0.25) is 0 Å². The highest BCUT2D eigenvalue weighted by Crippen LogP contribution is 2.20. The molecule has 0 heterocycles. The smallest absolute Gasteiger partial charge is 0.401 e.